The number of ether oxygens (including phenoxy) is 1. The van der Waals surface area contributed by atoms with Gasteiger partial charge in [-0.2, -0.15) is 0 Å². The highest BCUT2D eigenvalue weighted by Gasteiger charge is 2.13. The van der Waals surface area contributed by atoms with Crippen molar-refractivity contribution in [2.24, 2.45) is 0 Å². The van der Waals surface area contributed by atoms with Gasteiger partial charge < -0.3 is 9.84 Å². The molecular formula is C11H10N4O3. The molecule has 2 rings (SSSR count). The molecule has 1 N–H and O–H groups in total. The van der Waals surface area contributed by atoms with Crippen LogP contribution in [0.5, 0.6) is 5.75 Å². The Bertz CT molecular complexity index is 583. The molecule has 1 aromatic heterocycles. The van der Waals surface area contributed by atoms with Gasteiger partial charge in [-0.15, -0.1) is 20.4 Å². The van der Waals surface area contributed by atoms with Gasteiger partial charge in [0, 0.05) is 5.56 Å². The molecule has 0 saturated carbocycles. The molecule has 18 heavy (non-hydrogen) atoms. The van der Waals surface area contributed by atoms with Gasteiger partial charge in [0.25, 0.3) is 0 Å². The lowest BCUT2D eigenvalue weighted by Gasteiger charge is -2.06. The van der Waals surface area contributed by atoms with Gasteiger partial charge in [0.1, 0.15) is 11.3 Å². The quantitative estimate of drug-likeness (QED) is 0.860. The second-order valence-corrected chi connectivity index (χ2v) is 3.49. The number of benzene rings is 1. The number of aromatic carboxylic acids is 1. The van der Waals surface area contributed by atoms with E-state index in [-0.39, 0.29) is 11.3 Å². The van der Waals surface area contributed by atoms with E-state index in [4.69, 9.17) is 9.84 Å². The molecule has 7 nitrogen and oxygen atoms in total. The first-order valence-electron chi connectivity index (χ1n) is 5.07. The summed E-state index contributed by atoms with van der Waals surface area (Å²) in [5.74, 6) is -0.0349. The molecule has 0 unspecified atom stereocenters. The van der Waals surface area contributed by atoms with Gasteiger partial charge in [-0.3, -0.25) is 0 Å². The summed E-state index contributed by atoms with van der Waals surface area (Å²) in [5, 5.41) is 24.3. The van der Waals surface area contributed by atoms with E-state index in [1.807, 2.05) is 0 Å². The minimum Gasteiger partial charge on any atom is -0.496 e. The van der Waals surface area contributed by atoms with E-state index in [1.54, 1.807) is 13.0 Å². The Kier molecular flexibility index (Phi) is 3.13. The highest BCUT2D eigenvalue weighted by atomic mass is 16.5. The van der Waals surface area contributed by atoms with Gasteiger partial charge in [-0.05, 0) is 25.1 Å². The molecule has 0 aliphatic heterocycles. The number of rotatable bonds is 3. The average Bonchev–Trinajstić information content (AvgIpc) is 2.38. The molecule has 0 radical (unpaired) electrons. The van der Waals surface area contributed by atoms with Crippen LogP contribution in [0.25, 0.3) is 11.4 Å². The molecule has 0 aliphatic carbocycles. The molecule has 1 aromatic carbocycles. The summed E-state index contributed by atoms with van der Waals surface area (Å²) < 4.78 is 5.02. The highest BCUT2D eigenvalue weighted by molar-refractivity contribution is 5.91. The standard InChI is InChI=1S/C11H10N4O3/c1-6-12-14-10(15-13-6)7-3-4-8(11(16)17)9(5-7)18-2/h3-5H,1-2H3,(H,16,17). The second-order valence-electron chi connectivity index (χ2n) is 3.49. The van der Waals surface area contributed by atoms with E-state index in [0.29, 0.717) is 17.2 Å². The summed E-state index contributed by atoms with van der Waals surface area (Å²) in [6.45, 7) is 1.68. The number of hydrogen-bond acceptors (Lipinski definition) is 6. The lowest BCUT2D eigenvalue weighted by Crippen LogP contribution is -2.02. The van der Waals surface area contributed by atoms with Crippen LogP contribution in [0.1, 0.15) is 16.2 Å². The maximum atomic E-state index is 10.9. The number of carboxylic acid groups (broad SMARTS) is 1. The zero-order valence-electron chi connectivity index (χ0n) is 9.78. The van der Waals surface area contributed by atoms with Crippen LogP contribution < -0.4 is 4.74 Å². The maximum absolute atomic E-state index is 10.9. The molecule has 0 bridgehead atoms. The number of carboxylic acids is 1. The van der Waals surface area contributed by atoms with E-state index < -0.39 is 5.97 Å². The van der Waals surface area contributed by atoms with Crippen LogP contribution in [-0.4, -0.2) is 38.6 Å². The number of aryl methyl sites for hydroxylation is 1. The van der Waals surface area contributed by atoms with Crippen molar-refractivity contribution >= 4 is 5.97 Å². The Balaban J connectivity index is 2.47. The molecule has 0 atom stereocenters. The van der Waals surface area contributed by atoms with E-state index >= 15 is 0 Å². The molecule has 0 amide bonds. The van der Waals surface area contributed by atoms with E-state index in [0.717, 1.165) is 0 Å². The van der Waals surface area contributed by atoms with Crippen molar-refractivity contribution in [2.75, 3.05) is 7.11 Å². The Hall–Kier alpha value is -2.57. The Labute approximate surface area is 102 Å². The van der Waals surface area contributed by atoms with Crippen LogP contribution in [0.15, 0.2) is 18.2 Å². The van der Waals surface area contributed by atoms with Gasteiger partial charge in [-0.1, -0.05) is 0 Å². The van der Waals surface area contributed by atoms with Crippen molar-refractivity contribution in [3.05, 3.63) is 29.6 Å². The molecule has 0 aliphatic rings. The zero-order valence-corrected chi connectivity index (χ0v) is 9.78. The fourth-order valence-electron chi connectivity index (χ4n) is 1.40. The average molecular weight is 246 g/mol. The minimum absolute atomic E-state index is 0.0780. The fraction of sp³-hybridized carbons (Fsp3) is 0.182. The van der Waals surface area contributed by atoms with E-state index in [9.17, 15) is 4.79 Å². The fourth-order valence-corrected chi connectivity index (χ4v) is 1.40. The predicted molar refractivity (Wildman–Crippen MR) is 61.3 cm³/mol. The summed E-state index contributed by atoms with van der Waals surface area (Å²) in [7, 11) is 1.40. The third-order valence-electron chi connectivity index (χ3n) is 2.27. The molecule has 92 valence electrons. The van der Waals surface area contributed by atoms with Gasteiger partial charge in [-0.25, -0.2) is 4.79 Å². The molecule has 1 heterocycles. The summed E-state index contributed by atoms with van der Waals surface area (Å²) in [6, 6.07) is 4.55. The van der Waals surface area contributed by atoms with Crippen molar-refractivity contribution in [1.82, 2.24) is 20.4 Å². The molecule has 0 spiro atoms. The molecule has 7 heteroatoms. The van der Waals surface area contributed by atoms with Crippen molar-refractivity contribution < 1.29 is 14.6 Å². The van der Waals surface area contributed by atoms with E-state index in [2.05, 4.69) is 20.4 Å². The molecular weight excluding hydrogens is 236 g/mol. The minimum atomic E-state index is -1.06. The lowest BCUT2D eigenvalue weighted by molar-refractivity contribution is 0.0693. The summed E-state index contributed by atoms with van der Waals surface area (Å²) in [5.41, 5.74) is 0.672. The first-order chi connectivity index (χ1) is 8.61. The third kappa shape index (κ3) is 2.24. The normalized spacial score (nSPS) is 10.1. The number of methoxy groups -OCH3 is 1. The zero-order chi connectivity index (χ0) is 13.1. The van der Waals surface area contributed by atoms with Crippen LogP contribution in [0.4, 0.5) is 0 Å². The van der Waals surface area contributed by atoms with Crippen molar-refractivity contribution in [1.29, 1.82) is 0 Å². The predicted octanol–water partition coefficient (Wildman–Crippen LogP) is 0.949. The van der Waals surface area contributed by atoms with Crippen LogP contribution >= 0.6 is 0 Å². The van der Waals surface area contributed by atoms with E-state index in [1.165, 1.54) is 19.2 Å². The highest BCUT2D eigenvalue weighted by Crippen LogP contribution is 2.24. The molecule has 0 saturated heterocycles. The van der Waals surface area contributed by atoms with Gasteiger partial charge in [0.15, 0.2) is 5.82 Å². The number of hydrogen-bond donors (Lipinski definition) is 1. The third-order valence-corrected chi connectivity index (χ3v) is 2.27. The molecule has 0 fully saturated rings. The molecule has 2 aromatic rings. The van der Waals surface area contributed by atoms with Crippen molar-refractivity contribution in [3.8, 4) is 17.1 Å². The number of aromatic nitrogens is 4. The number of nitrogens with zero attached hydrogens (tertiary/aromatic N) is 4. The van der Waals surface area contributed by atoms with Crippen molar-refractivity contribution in [3.63, 3.8) is 0 Å². The summed E-state index contributed by atoms with van der Waals surface area (Å²) in [4.78, 5) is 10.9. The smallest absolute Gasteiger partial charge is 0.339 e. The van der Waals surface area contributed by atoms with Gasteiger partial charge >= 0.3 is 5.97 Å². The first-order valence-corrected chi connectivity index (χ1v) is 5.07. The van der Waals surface area contributed by atoms with Gasteiger partial charge in [0.05, 0.1) is 7.11 Å². The van der Waals surface area contributed by atoms with Gasteiger partial charge in [0.2, 0.25) is 5.82 Å². The summed E-state index contributed by atoms with van der Waals surface area (Å²) in [6.07, 6.45) is 0. The van der Waals surface area contributed by atoms with Crippen LogP contribution in [0, 0.1) is 6.92 Å². The van der Waals surface area contributed by atoms with Crippen LogP contribution in [-0.2, 0) is 0 Å². The maximum Gasteiger partial charge on any atom is 0.339 e. The number of carbonyl (C=O) groups is 1. The van der Waals surface area contributed by atoms with Crippen LogP contribution in [0.2, 0.25) is 0 Å². The monoisotopic (exact) mass is 246 g/mol. The second kappa shape index (κ2) is 4.74. The lowest BCUT2D eigenvalue weighted by atomic mass is 10.1. The Morgan fingerprint density at radius 3 is 2.44 bits per heavy atom. The largest absolute Gasteiger partial charge is 0.496 e. The summed E-state index contributed by atoms with van der Waals surface area (Å²) >= 11 is 0. The van der Waals surface area contributed by atoms with Crippen molar-refractivity contribution in [2.45, 2.75) is 6.92 Å². The first kappa shape index (κ1) is 11.9. The Morgan fingerprint density at radius 1 is 1.22 bits per heavy atom. The SMILES string of the molecule is COc1cc(-c2nnc(C)nn2)ccc1C(=O)O. The Morgan fingerprint density at radius 2 is 1.89 bits per heavy atom. The van der Waals surface area contributed by atoms with Crippen LogP contribution in [0.3, 0.4) is 0 Å². The topological polar surface area (TPSA) is 98.1 Å².